The Morgan fingerprint density at radius 3 is 2.96 bits per heavy atom. The molecule has 1 unspecified atom stereocenters. The second kappa shape index (κ2) is 6.68. The van der Waals surface area contributed by atoms with Gasteiger partial charge in [-0.3, -0.25) is 19.3 Å². The number of carbonyl (C=O) groups excluding carboxylic acids is 3. The van der Waals surface area contributed by atoms with Gasteiger partial charge in [0.1, 0.15) is 12.6 Å². The lowest BCUT2D eigenvalue weighted by Crippen LogP contribution is -2.59. The van der Waals surface area contributed by atoms with Crippen LogP contribution in [0.5, 0.6) is 5.75 Å². The van der Waals surface area contributed by atoms with Crippen LogP contribution in [0.2, 0.25) is 5.02 Å². The summed E-state index contributed by atoms with van der Waals surface area (Å²) in [6.45, 7) is 2.40. The van der Waals surface area contributed by atoms with Crippen molar-refractivity contribution in [3.8, 4) is 5.75 Å². The molecule has 1 atom stereocenters. The lowest BCUT2D eigenvalue weighted by molar-refractivity contribution is -0.142. The quantitative estimate of drug-likeness (QED) is 0.873. The number of piperazine rings is 1. The summed E-state index contributed by atoms with van der Waals surface area (Å²) in [7, 11) is 0. The predicted octanol–water partition coefficient (Wildman–Crippen LogP) is 0.802. The van der Waals surface area contributed by atoms with E-state index in [0.29, 0.717) is 36.0 Å². The SMILES string of the molecule is CCC1C(=O)NCCN1C(=O)CN1C(=O)COc2c(Cl)cccc21. The minimum absolute atomic E-state index is 0.140. The molecule has 3 amide bonds. The molecule has 1 aromatic carbocycles. The first kappa shape index (κ1) is 16.6. The highest BCUT2D eigenvalue weighted by molar-refractivity contribution is 6.32. The van der Waals surface area contributed by atoms with E-state index in [0.717, 1.165) is 0 Å². The number of anilines is 1. The number of carbonyl (C=O) groups is 3. The third-order valence-corrected chi connectivity index (χ3v) is 4.51. The van der Waals surface area contributed by atoms with Crippen molar-refractivity contribution in [2.24, 2.45) is 0 Å². The molecule has 128 valence electrons. The van der Waals surface area contributed by atoms with Gasteiger partial charge in [0, 0.05) is 13.1 Å². The van der Waals surface area contributed by atoms with Crippen LogP contribution in [0.4, 0.5) is 5.69 Å². The van der Waals surface area contributed by atoms with Gasteiger partial charge in [-0.1, -0.05) is 24.6 Å². The summed E-state index contributed by atoms with van der Waals surface area (Å²) in [6, 6.07) is 4.55. The van der Waals surface area contributed by atoms with E-state index in [9.17, 15) is 14.4 Å². The maximum absolute atomic E-state index is 12.7. The fourth-order valence-corrected chi connectivity index (χ4v) is 3.24. The van der Waals surface area contributed by atoms with E-state index in [4.69, 9.17) is 16.3 Å². The summed E-state index contributed by atoms with van der Waals surface area (Å²) < 4.78 is 5.37. The summed E-state index contributed by atoms with van der Waals surface area (Å²) in [6.07, 6.45) is 0.525. The Bertz CT molecular complexity index is 694. The molecule has 2 heterocycles. The highest BCUT2D eigenvalue weighted by Crippen LogP contribution is 2.38. The zero-order chi connectivity index (χ0) is 17.3. The van der Waals surface area contributed by atoms with Crippen LogP contribution in [0.3, 0.4) is 0 Å². The standard InChI is InChI=1S/C16H18ClN3O4/c1-2-11-16(23)18-6-7-19(11)13(21)8-20-12-5-3-4-10(17)15(12)24-9-14(20)22/h3-5,11H,2,6-9H2,1H3,(H,18,23). The predicted molar refractivity (Wildman–Crippen MR) is 88.1 cm³/mol. The summed E-state index contributed by atoms with van der Waals surface area (Å²) in [4.78, 5) is 39.7. The Labute approximate surface area is 144 Å². The number of nitrogens with zero attached hydrogens (tertiary/aromatic N) is 2. The van der Waals surface area contributed by atoms with Gasteiger partial charge in [-0.05, 0) is 18.6 Å². The maximum Gasteiger partial charge on any atom is 0.265 e. The molecule has 0 spiro atoms. The van der Waals surface area contributed by atoms with E-state index in [1.807, 2.05) is 6.92 Å². The molecule has 1 fully saturated rings. The van der Waals surface area contributed by atoms with Crippen LogP contribution in [-0.4, -0.2) is 54.9 Å². The van der Waals surface area contributed by atoms with Gasteiger partial charge in [0.25, 0.3) is 5.91 Å². The number of rotatable bonds is 3. The average molecular weight is 352 g/mol. The Morgan fingerprint density at radius 1 is 1.42 bits per heavy atom. The van der Waals surface area contributed by atoms with Gasteiger partial charge < -0.3 is 15.0 Å². The number of hydrogen-bond acceptors (Lipinski definition) is 4. The van der Waals surface area contributed by atoms with Crippen LogP contribution in [0.15, 0.2) is 18.2 Å². The smallest absolute Gasteiger partial charge is 0.265 e. The van der Waals surface area contributed by atoms with Crippen LogP contribution in [0, 0.1) is 0 Å². The van der Waals surface area contributed by atoms with Gasteiger partial charge in [0.05, 0.1) is 10.7 Å². The topological polar surface area (TPSA) is 79.0 Å². The Hall–Kier alpha value is -2.28. The normalized spacial score (nSPS) is 20.3. The highest BCUT2D eigenvalue weighted by Gasteiger charge is 2.35. The fraction of sp³-hybridized carbons (Fsp3) is 0.438. The third kappa shape index (κ3) is 2.91. The van der Waals surface area contributed by atoms with E-state index in [1.54, 1.807) is 18.2 Å². The Morgan fingerprint density at radius 2 is 2.21 bits per heavy atom. The molecule has 1 saturated heterocycles. The molecule has 1 aromatic rings. The molecule has 0 aromatic heterocycles. The summed E-state index contributed by atoms with van der Waals surface area (Å²) in [5, 5.41) is 3.14. The van der Waals surface area contributed by atoms with Gasteiger partial charge in [-0.2, -0.15) is 0 Å². The van der Waals surface area contributed by atoms with E-state index in [2.05, 4.69) is 5.32 Å². The average Bonchev–Trinajstić information content (AvgIpc) is 2.57. The fourth-order valence-electron chi connectivity index (χ4n) is 3.02. The number of hydrogen-bond donors (Lipinski definition) is 1. The number of halogens is 1. The molecule has 1 N–H and O–H groups in total. The van der Waals surface area contributed by atoms with Crippen molar-refractivity contribution in [3.63, 3.8) is 0 Å². The molecule has 0 aliphatic carbocycles. The maximum atomic E-state index is 12.7. The van der Waals surface area contributed by atoms with Crippen molar-refractivity contribution in [3.05, 3.63) is 23.2 Å². The number of nitrogens with one attached hydrogen (secondary N) is 1. The zero-order valence-corrected chi connectivity index (χ0v) is 14.0. The largest absolute Gasteiger partial charge is 0.480 e. The van der Waals surface area contributed by atoms with Gasteiger partial charge >= 0.3 is 0 Å². The summed E-state index contributed by atoms with van der Waals surface area (Å²) in [5.41, 5.74) is 0.474. The van der Waals surface area contributed by atoms with Crippen molar-refractivity contribution >= 4 is 35.0 Å². The molecular formula is C16H18ClN3O4. The van der Waals surface area contributed by atoms with E-state index in [1.165, 1.54) is 9.80 Å². The van der Waals surface area contributed by atoms with Crippen molar-refractivity contribution in [1.82, 2.24) is 10.2 Å². The first-order chi connectivity index (χ1) is 11.5. The van der Waals surface area contributed by atoms with Crippen molar-refractivity contribution in [2.45, 2.75) is 19.4 Å². The van der Waals surface area contributed by atoms with Crippen molar-refractivity contribution in [1.29, 1.82) is 0 Å². The number of fused-ring (bicyclic) bond motifs is 1. The minimum Gasteiger partial charge on any atom is -0.480 e. The second-order valence-corrected chi connectivity index (χ2v) is 6.07. The van der Waals surface area contributed by atoms with Crippen LogP contribution < -0.4 is 15.0 Å². The molecular weight excluding hydrogens is 334 g/mol. The van der Waals surface area contributed by atoms with Gasteiger partial charge in [-0.25, -0.2) is 0 Å². The van der Waals surface area contributed by atoms with Crippen LogP contribution in [-0.2, 0) is 14.4 Å². The third-order valence-electron chi connectivity index (χ3n) is 4.21. The molecule has 0 saturated carbocycles. The Kier molecular flexibility index (Phi) is 4.62. The van der Waals surface area contributed by atoms with Crippen LogP contribution >= 0.6 is 11.6 Å². The van der Waals surface area contributed by atoms with Crippen LogP contribution in [0.1, 0.15) is 13.3 Å². The number of benzene rings is 1. The highest BCUT2D eigenvalue weighted by atomic mass is 35.5. The molecule has 0 bridgehead atoms. The van der Waals surface area contributed by atoms with Crippen molar-refractivity contribution in [2.75, 3.05) is 31.1 Å². The molecule has 2 aliphatic heterocycles. The molecule has 0 radical (unpaired) electrons. The number of para-hydroxylation sites is 1. The molecule has 7 nitrogen and oxygen atoms in total. The molecule has 2 aliphatic rings. The summed E-state index contributed by atoms with van der Waals surface area (Å²) in [5.74, 6) is -0.339. The van der Waals surface area contributed by atoms with Crippen molar-refractivity contribution < 1.29 is 19.1 Å². The number of amides is 3. The summed E-state index contributed by atoms with van der Waals surface area (Å²) >= 11 is 6.09. The Balaban J connectivity index is 1.83. The number of ether oxygens (including phenoxy) is 1. The lowest BCUT2D eigenvalue weighted by Gasteiger charge is -2.37. The molecule has 24 heavy (non-hydrogen) atoms. The zero-order valence-electron chi connectivity index (χ0n) is 13.3. The molecule has 3 rings (SSSR count). The van der Waals surface area contributed by atoms with Gasteiger partial charge in [-0.15, -0.1) is 0 Å². The lowest BCUT2D eigenvalue weighted by atomic mass is 10.1. The first-order valence-corrected chi connectivity index (χ1v) is 8.19. The monoisotopic (exact) mass is 351 g/mol. The van der Waals surface area contributed by atoms with E-state index >= 15 is 0 Å². The van der Waals surface area contributed by atoms with Gasteiger partial charge in [0.15, 0.2) is 12.4 Å². The first-order valence-electron chi connectivity index (χ1n) is 7.81. The van der Waals surface area contributed by atoms with Crippen LogP contribution in [0.25, 0.3) is 0 Å². The second-order valence-electron chi connectivity index (χ2n) is 5.66. The van der Waals surface area contributed by atoms with Gasteiger partial charge in [0.2, 0.25) is 11.8 Å². The minimum atomic E-state index is -0.499. The van der Waals surface area contributed by atoms with E-state index < -0.39 is 6.04 Å². The van der Waals surface area contributed by atoms with E-state index in [-0.39, 0.29) is 30.9 Å². The molecule has 8 heteroatoms.